The molecule has 0 aliphatic carbocycles. The molecule has 1 saturated heterocycles. The minimum atomic E-state index is 0.698. The third-order valence-electron chi connectivity index (χ3n) is 2.54. The van der Waals surface area contributed by atoms with Gasteiger partial charge in [-0.2, -0.15) is 0 Å². The van der Waals surface area contributed by atoms with Gasteiger partial charge in [-0.05, 0) is 31.9 Å². The Morgan fingerprint density at radius 1 is 1.57 bits per heavy atom. The number of anilines is 1. The number of hydrogen-bond donors (Lipinski definition) is 2. The molecule has 4 nitrogen and oxygen atoms in total. The molecule has 76 valence electrons. The Morgan fingerprint density at radius 3 is 3.29 bits per heavy atom. The van der Waals surface area contributed by atoms with Gasteiger partial charge in [0.1, 0.15) is 12.1 Å². The first-order valence-corrected chi connectivity index (χ1v) is 5.18. The maximum Gasteiger partial charge on any atom is 0.129 e. The molecule has 0 unspecified atom stereocenters. The van der Waals surface area contributed by atoms with Gasteiger partial charge in [-0.3, -0.25) is 0 Å². The first-order chi connectivity index (χ1) is 6.95. The van der Waals surface area contributed by atoms with E-state index in [4.69, 9.17) is 0 Å². The third kappa shape index (κ3) is 2.67. The van der Waals surface area contributed by atoms with Gasteiger partial charge in [0.2, 0.25) is 0 Å². The van der Waals surface area contributed by atoms with Gasteiger partial charge in [0.25, 0.3) is 0 Å². The molecule has 1 aliphatic heterocycles. The minimum absolute atomic E-state index is 0.698. The summed E-state index contributed by atoms with van der Waals surface area (Å²) < 4.78 is 0. The van der Waals surface area contributed by atoms with E-state index in [1.54, 1.807) is 12.5 Å². The van der Waals surface area contributed by atoms with Gasteiger partial charge in [0.05, 0.1) is 0 Å². The van der Waals surface area contributed by atoms with E-state index in [-0.39, 0.29) is 0 Å². The Morgan fingerprint density at radius 2 is 2.57 bits per heavy atom. The predicted molar refractivity (Wildman–Crippen MR) is 56.2 cm³/mol. The number of rotatable bonds is 4. The van der Waals surface area contributed by atoms with E-state index in [0.29, 0.717) is 6.04 Å². The lowest BCUT2D eigenvalue weighted by atomic mass is 10.1. The number of hydrogen-bond acceptors (Lipinski definition) is 4. The largest absolute Gasteiger partial charge is 0.370 e. The van der Waals surface area contributed by atoms with Crippen LogP contribution in [0.5, 0.6) is 0 Å². The molecular formula is C10H16N4. The quantitative estimate of drug-likeness (QED) is 0.748. The summed E-state index contributed by atoms with van der Waals surface area (Å²) in [4.78, 5) is 7.97. The topological polar surface area (TPSA) is 49.8 Å². The summed E-state index contributed by atoms with van der Waals surface area (Å²) >= 11 is 0. The molecule has 0 saturated carbocycles. The van der Waals surface area contributed by atoms with Crippen molar-refractivity contribution in [2.45, 2.75) is 25.3 Å². The molecule has 0 amide bonds. The Labute approximate surface area is 84.2 Å². The molecule has 14 heavy (non-hydrogen) atoms. The fraction of sp³-hybridized carbons (Fsp3) is 0.600. The summed E-state index contributed by atoms with van der Waals surface area (Å²) in [7, 11) is 0. The van der Waals surface area contributed by atoms with Crippen molar-refractivity contribution in [3.8, 4) is 0 Å². The van der Waals surface area contributed by atoms with E-state index in [9.17, 15) is 0 Å². The van der Waals surface area contributed by atoms with E-state index in [2.05, 4.69) is 20.6 Å². The fourth-order valence-corrected chi connectivity index (χ4v) is 1.77. The normalized spacial score (nSPS) is 21.0. The lowest BCUT2D eigenvalue weighted by Crippen LogP contribution is -2.24. The standard InChI is InChI=1S/C10H16N4/c1-2-9(12-5-1)3-7-13-10-4-6-11-8-14-10/h4,6,8-9,12H,1-3,5,7H2,(H,11,13,14)/t9-/m1/s1. The number of nitrogens with one attached hydrogen (secondary N) is 2. The van der Waals surface area contributed by atoms with Crippen LogP contribution in [0, 0.1) is 0 Å². The summed E-state index contributed by atoms with van der Waals surface area (Å²) in [5.74, 6) is 0.915. The zero-order valence-electron chi connectivity index (χ0n) is 8.24. The van der Waals surface area contributed by atoms with Gasteiger partial charge in [-0.15, -0.1) is 0 Å². The fourth-order valence-electron chi connectivity index (χ4n) is 1.77. The van der Waals surface area contributed by atoms with Crippen molar-refractivity contribution >= 4 is 5.82 Å². The van der Waals surface area contributed by atoms with Crippen LogP contribution in [0.3, 0.4) is 0 Å². The molecule has 1 aliphatic rings. The minimum Gasteiger partial charge on any atom is -0.370 e. The molecule has 0 aromatic carbocycles. The Hall–Kier alpha value is -1.16. The SMILES string of the molecule is c1cc(NCC[C@H]2CCCN2)ncn1. The molecule has 1 fully saturated rings. The van der Waals surface area contributed by atoms with Crippen LogP contribution in [0.1, 0.15) is 19.3 Å². The molecular weight excluding hydrogens is 176 g/mol. The highest BCUT2D eigenvalue weighted by Crippen LogP contribution is 2.08. The molecule has 1 aromatic rings. The monoisotopic (exact) mass is 192 g/mol. The Bertz CT molecular complexity index is 256. The van der Waals surface area contributed by atoms with E-state index in [1.807, 2.05) is 6.07 Å². The number of aromatic nitrogens is 2. The van der Waals surface area contributed by atoms with Crippen molar-refractivity contribution in [1.29, 1.82) is 0 Å². The maximum absolute atomic E-state index is 4.10. The van der Waals surface area contributed by atoms with Crippen molar-refractivity contribution in [3.63, 3.8) is 0 Å². The van der Waals surface area contributed by atoms with Crippen LogP contribution in [0.4, 0.5) is 5.82 Å². The average molecular weight is 192 g/mol. The second-order valence-electron chi connectivity index (χ2n) is 3.60. The van der Waals surface area contributed by atoms with Crippen molar-refractivity contribution in [2.75, 3.05) is 18.4 Å². The summed E-state index contributed by atoms with van der Waals surface area (Å²) in [6.45, 7) is 2.16. The number of nitrogens with zero attached hydrogens (tertiary/aromatic N) is 2. The first kappa shape index (κ1) is 9.40. The summed E-state index contributed by atoms with van der Waals surface area (Å²) in [6.07, 6.45) is 7.12. The highest BCUT2D eigenvalue weighted by Gasteiger charge is 2.12. The predicted octanol–water partition coefficient (Wildman–Crippen LogP) is 1.03. The van der Waals surface area contributed by atoms with E-state index < -0.39 is 0 Å². The highest BCUT2D eigenvalue weighted by molar-refractivity contribution is 5.31. The van der Waals surface area contributed by atoms with Crippen molar-refractivity contribution in [1.82, 2.24) is 15.3 Å². The summed E-state index contributed by atoms with van der Waals surface area (Å²) in [5, 5.41) is 6.75. The first-order valence-electron chi connectivity index (χ1n) is 5.18. The van der Waals surface area contributed by atoms with Crippen LogP contribution in [0.25, 0.3) is 0 Å². The molecule has 0 spiro atoms. The maximum atomic E-state index is 4.10. The van der Waals surface area contributed by atoms with E-state index in [1.165, 1.54) is 25.8 Å². The Kier molecular flexibility index (Phi) is 3.29. The van der Waals surface area contributed by atoms with Crippen LogP contribution in [-0.2, 0) is 0 Å². The molecule has 1 aromatic heterocycles. The van der Waals surface area contributed by atoms with Crippen LogP contribution >= 0.6 is 0 Å². The third-order valence-corrected chi connectivity index (χ3v) is 2.54. The van der Waals surface area contributed by atoms with Crippen LogP contribution in [0.15, 0.2) is 18.6 Å². The van der Waals surface area contributed by atoms with Crippen LogP contribution in [-0.4, -0.2) is 29.1 Å². The van der Waals surface area contributed by atoms with Crippen molar-refractivity contribution in [3.05, 3.63) is 18.6 Å². The zero-order valence-corrected chi connectivity index (χ0v) is 8.24. The second kappa shape index (κ2) is 4.91. The second-order valence-corrected chi connectivity index (χ2v) is 3.60. The molecule has 2 N–H and O–H groups in total. The highest BCUT2D eigenvalue weighted by atomic mass is 15.0. The molecule has 2 heterocycles. The molecule has 1 atom stereocenters. The smallest absolute Gasteiger partial charge is 0.129 e. The zero-order chi connectivity index (χ0) is 9.64. The lowest BCUT2D eigenvalue weighted by molar-refractivity contribution is 0.574. The van der Waals surface area contributed by atoms with Crippen molar-refractivity contribution < 1.29 is 0 Å². The molecule has 2 rings (SSSR count). The van der Waals surface area contributed by atoms with E-state index in [0.717, 1.165) is 12.4 Å². The van der Waals surface area contributed by atoms with Gasteiger partial charge in [0.15, 0.2) is 0 Å². The van der Waals surface area contributed by atoms with Gasteiger partial charge in [-0.1, -0.05) is 0 Å². The van der Waals surface area contributed by atoms with Gasteiger partial charge in [0, 0.05) is 18.8 Å². The average Bonchev–Trinajstić information content (AvgIpc) is 2.72. The Balaban J connectivity index is 1.67. The molecule has 0 radical (unpaired) electrons. The lowest BCUT2D eigenvalue weighted by Gasteiger charge is -2.10. The van der Waals surface area contributed by atoms with Crippen LogP contribution < -0.4 is 10.6 Å². The van der Waals surface area contributed by atoms with Gasteiger partial charge >= 0.3 is 0 Å². The summed E-state index contributed by atoms with van der Waals surface area (Å²) in [5.41, 5.74) is 0. The van der Waals surface area contributed by atoms with Gasteiger partial charge < -0.3 is 10.6 Å². The van der Waals surface area contributed by atoms with Crippen LogP contribution in [0.2, 0.25) is 0 Å². The molecule has 4 heteroatoms. The molecule has 0 bridgehead atoms. The summed E-state index contributed by atoms with van der Waals surface area (Å²) in [6, 6.07) is 2.59. The van der Waals surface area contributed by atoms with E-state index >= 15 is 0 Å². The van der Waals surface area contributed by atoms with Crippen molar-refractivity contribution in [2.24, 2.45) is 0 Å². The van der Waals surface area contributed by atoms with Gasteiger partial charge in [-0.25, -0.2) is 9.97 Å².